The van der Waals surface area contributed by atoms with E-state index in [1.165, 1.54) is 10.9 Å². The lowest BCUT2D eigenvalue weighted by Gasteiger charge is -2.30. The summed E-state index contributed by atoms with van der Waals surface area (Å²) in [5.41, 5.74) is 0.375. The molecule has 6 nitrogen and oxygen atoms in total. The predicted octanol–water partition coefficient (Wildman–Crippen LogP) is 1.43. The second kappa shape index (κ2) is 6.07. The zero-order valence-corrected chi connectivity index (χ0v) is 11.9. The van der Waals surface area contributed by atoms with Gasteiger partial charge in [0, 0.05) is 13.2 Å². The smallest absolute Gasteiger partial charge is 0.326 e. The van der Waals surface area contributed by atoms with Crippen molar-refractivity contribution in [3.63, 3.8) is 0 Å². The monoisotopic (exact) mass is 279 g/mol. The number of carboxylic acid groups (broad SMARTS) is 1. The van der Waals surface area contributed by atoms with E-state index >= 15 is 0 Å². The molecule has 0 saturated heterocycles. The van der Waals surface area contributed by atoms with Gasteiger partial charge >= 0.3 is 5.97 Å². The Morgan fingerprint density at radius 3 is 2.55 bits per heavy atom. The Labute approximate surface area is 118 Å². The minimum atomic E-state index is -0.958. The molecule has 0 unspecified atom stereocenters. The van der Waals surface area contributed by atoms with Crippen LogP contribution in [0.5, 0.6) is 0 Å². The highest BCUT2D eigenvalue weighted by Gasteiger charge is 2.32. The van der Waals surface area contributed by atoms with Crippen molar-refractivity contribution in [2.24, 2.45) is 18.9 Å². The number of amides is 1. The molecule has 0 radical (unpaired) electrons. The van der Waals surface area contributed by atoms with Crippen LogP contribution in [0.1, 0.15) is 43.1 Å². The lowest BCUT2D eigenvalue weighted by Crippen LogP contribution is -2.47. The van der Waals surface area contributed by atoms with Crippen LogP contribution < -0.4 is 5.32 Å². The molecule has 1 aliphatic rings. The van der Waals surface area contributed by atoms with Gasteiger partial charge in [0.25, 0.3) is 5.91 Å². The number of hydrogen-bond donors (Lipinski definition) is 2. The van der Waals surface area contributed by atoms with Crippen molar-refractivity contribution in [1.29, 1.82) is 0 Å². The van der Waals surface area contributed by atoms with Gasteiger partial charge in [0.15, 0.2) is 0 Å². The van der Waals surface area contributed by atoms with E-state index < -0.39 is 12.0 Å². The molecular formula is C14H21N3O3. The molecule has 110 valence electrons. The van der Waals surface area contributed by atoms with E-state index in [1.54, 1.807) is 13.1 Å². The van der Waals surface area contributed by atoms with Gasteiger partial charge in [0.1, 0.15) is 11.7 Å². The third kappa shape index (κ3) is 3.18. The molecule has 0 spiro atoms. The molecule has 1 atom stereocenters. The molecule has 1 aromatic heterocycles. The Morgan fingerprint density at radius 2 is 2.05 bits per heavy atom. The van der Waals surface area contributed by atoms with Crippen LogP contribution in [0.15, 0.2) is 12.3 Å². The van der Waals surface area contributed by atoms with Crippen molar-refractivity contribution < 1.29 is 14.7 Å². The standard InChI is InChI=1S/C14H21N3O3/c1-9-3-5-10(6-4-9)12(14(19)20)16-13(18)11-7-8-15-17(11)2/h7-10,12H,3-6H2,1-2H3,(H,16,18)(H,19,20)/t9?,10?,12-/m0/s1. The van der Waals surface area contributed by atoms with Crippen LogP contribution in [0.25, 0.3) is 0 Å². The highest BCUT2D eigenvalue weighted by atomic mass is 16.4. The summed E-state index contributed by atoms with van der Waals surface area (Å²) in [6.07, 6.45) is 5.27. The minimum Gasteiger partial charge on any atom is -0.480 e. The van der Waals surface area contributed by atoms with E-state index in [-0.39, 0.29) is 11.8 Å². The number of carboxylic acids is 1. The van der Waals surface area contributed by atoms with Crippen molar-refractivity contribution in [2.75, 3.05) is 0 Å². The maximum absolute atomic E-state index is 12.1. The van der Waals surface area contributed by atoms with E-state index in [4.69, 9.17) is 0 Å². The van der Waals surface area contributed by atoms with Gasteiger partial charge in [-0.2, -0.15) is 5.10 Å². The number of hydrogen-bond acceptors (Lipinski definition) is 3. The maximum Gasteiger partial charge on any atom is 0.326 e. The molecule has 1 aromatic rings. The van der Waals surface area contributed by atoms with Gasteiger partial charge in [-0.1, -0.05) is 19.8 Å². The number of rotatable bonds is 4. The van der Waals surface area contributed by atoms with Gasteiger partial charge in [0.05, 0.1) is 0 Å². The van der Waals surface area contributed by atoms with Crippen LogP contribution in [0.3, 0.4) is 0 Å². The summed E-state index contributed by atoms with van der Waals surface area (Å²) in [7, 11) is 1.66. The van der Waals surface area contributed by atoms with E-state index in [1.807, 2.05) is 0 Å². The normalized spacial score (nSPS) is 24.1. The van der Waals surface area contributed by atoms with E-state index in [2.05, 4.69) is 17.3 Å². The predicted molar refractivity (Wildman–Crippen MR) is 73.2 cm³/mol. The third-order valence-electron chi connectivity index (χ3n) is 4.14. The fourth-order valence-corrected chi connectivity index (χ4v) is 2.81. The third-order valence-corrected chi connectivity index (χ3v) is 4.14. The van der Waals surface area contributed by atoms with E-state index in [9.17, 15) is 14.7 Å². The first-order chi connectivity index (χ1) is 9.49. The zero-order chi connectivity index (χ0) is 14.7. The molecule has 1 heterocycles. The summed E-state index contributed by atoms with van der Waals surface area (Å²) in [6, 6.07) is 0.766. The van der Waals surface area contributed by atoms with Gasteiger partial charge < -0.3 is 10.4 Å². The largest absolute Gasteiger partial charge is 0.480 e. The lowest BCUT2D eigenvalue weighted by molar-refractivity contribution is -0.141. The number of carbonyl (C=O) groups is 2. The average molecular weight is 279 g/mol. The molecule has 0 aromatic carbocycles. The molecule has 2 rings (SSSR count). The quantitative estimate of drug-likeness (QED) is 0.873. The van der Waals surface area contributed by atoms with Crippen LogP contribution in [-0.4, -0.2) is 32.8 Å². The first-order valence-corrected chi connectivity index (χ1v) is 7.00. The van der Waals surface area contributed by atoms with E-state index in [0.29, 0.717) is 11.6 Å². The molecule has 0 aliphatic heterocycles. The topological polar surface area (TPSA) is 84.2 Å². The van der Waals surface area contributed by atoms with Crippen LogP contribution in [0.2, 0.25) is 0 Å². The van der Waals surface area contributed by atoms with Crippen molar-refractivity contribution in [3.8, 4) is 0 Å². The second-order valence-corrected chi connectivity index (χ2v) is 5.65. The van der Waals surface area contributed by atoms with Gasteiger partial charge in [-0.05, 0) is 30.7 Å². The van der Waals surface area contributed by atoms with Crippen molar-refractivity contribution in [1.82, 2.24) is 15.1 Å². The van der Waals surface area contributed by atoms with Crippen molar-refractivity contribution in [2.45, 2.75) is 38.6 Å². The first-order valence-electron chi connectivity index (χ1n) is 7.00. The van der Waals surface area contributed by atoms with Crippen LogP contribution in [0.4, 0.5) is 0 Å². The van der Waals surface area contributed by atoms with Crippen molar-refractivity contribution >= 4 is 11.9 Å². The minimum absolute atomic E-state index is 0.0147. The Bertz CT molecular complexity index is 490. The number of aliphatic carboxylic acids is 1. The maximum atomic E-state index is 12.1. The molecule has 6 heteroatoms. The molecule has 1 fully saturated rings. The summed E-state index contributed by atoms with van der Waals surface area (Å²) in [5.74, 6) is -0.676. The summed E-state index contributed by atoms with van der Waals surface area (Å²) in [4.78, 5) is 23.5. The Hall–Kier alpha value is -1.85. The number of nitrogens with zero attached hydrogens (tertiary/aromatic N) is 2. The SMILES string of the molecule is CC1CCC([C@H](NC(=O)c2ccnn2C)C(=O)O)CC1. The van der Waals surface area contributed by atoms with E-state index in [0.717, 1.165) is 25.7 Å². The number of nitrogens with one attached hydrogen (secondary N) is 1. The molecule has 2 N–H and O–H groups in total. The first kappa shape index (κ1) is 14.6. The lowest BCUT2D eigenvalue weighted by atomic mass is 9.79. The van der Waals surface area contributed by atoms with Gasteiger partial charge in [0.2, 0.25) is 0 Å². The highest BCUT2D eigenvalue weighted by molar-refractivity contribution is 5.95. The van der Waals surface area contributed by atoms with Gasteiger partial charge in [-0.25, -0.2) is 4.79 Å². The fourth-order valence-electron chi connectivity index (χ4n) is 2.81. The Balaban J connectivity index is 2.05. The number of carbonyl (C=O) groups excluding carboxylic acids is 1. The van der Waals surface area contributed by atoms with Crippen LogP contribution in [0, 0.1) is 11.8 Å². The molecule has 1 amide bonds. The fraction of sp³-hybridized carbons (Fsp3) is 0.643. The highest BCUT2D eigenvalue weighted by Crippen LogP contribution is 2.30. The number of aryl methyl sites for hydroxylation is 1. The summed E-state index contributed by atoms with van der Waals surface area (Å²) < 4.78 is 1.44. The number of aromatic nitrogens is 2. The van der Waals surface area contributed by atoms with Crippen molar-refractivity contribution in [3.05, 3.63) is 18.0 Å². The summed E-state index contributed by atoms with van der Waals surface area (Å²) in [5, 5.41) is 15.9. The van der Waals surface area contributed by atoms with Gasteiger partial charge in [-0.15, -0.1) is 0 Å². The van der Waals surface area contributed by atoms with Crippen LogP contribution in [-0.2, 0) is 11.8 Å². The molecule has 20 heavy (non-hydrogen) atoms. The molecule has 1 aliphatic carbocycles. The summed E-state index contributed by atoms with van der Waals surface area (Å²) >= 11 is 0. The molecule has 1 saturated carbocycles. The molecule has 0 bridgehead atoms. The average Bonchev–Trinajstić information content (AvgIpc) is 2.83. The van der Waals surface area contributed by atoms with Gasteiger partial charge in [-0.3, -0.25) is 9.48 Å². The molecular weight excluding hydrogens is 258 g/mol. The van der Waals surface area contributed by atoms with Crippen LogP contribution >= 0.6 is 0 Å². The zero-order valence-electron chi connectivity index (χ0n) is 11.9. The Kier molecular flexibility index (Phi) is 4.42. The second-order valence-electron chi connectivity index (χ2n) is 5.65. The Morgan fingerprint density at radius 1 is 1.40 bits per heavy atom. The summed E-state index contributed by atoms with van der Waals surface area (Å²) in [6.45, 7) is 2.18.